The van der Waals surface area contributed by atoms with Crippen molar-refractivity contribution in [1.29, 1.82) is 0 Å². The zero-order valence-electron chi connectivity index (χ0n) is 32.8. The quantitative estimate of drug-likeness (QED) is 0.165. The summed E-state index contributed by atoms with van der Waals surface area (Å²) in [6.45, 7) is 6.33. The molecule has 1 aromatic heterocycles. The van der Waals surface area contributed by atoms with Crippen LogP contribution in [0.25, 0.3) is 11.0 Å². The van der Waals surface area contributed by atoms with Crippen LogP contribution in [0.4, 0.5) is 4.79 Å². The molecule has 0 bridgehead atoms. The third-order valence-electron chi connectivity index (χ3n) is 11.3. The van der Waals surface area contributed by atoms with Crippen LogP contribution in [-0.4, -0.2) is 80.4 Å². The van der Waals surface area contributed by atoms with Gasteiger partial charge in [0.15, 0.2) is 0 Å². The van der Waals surface area contributed by atoms with Crippen LogP contribution in [0, 0.1) is 11.8 Å². The Labute approximate surface area is 322 Å². The number of imidazole rings is 1. The summed E-state index contributed by atoms with van der Waals surface area (Å²) in [6, 6.07) is 3.25. The van der Waals surface area contributed by atoms with Crippen molar-refractivity contribution in [1.82, 2.24) is 30.0 Å². The van der Waals surface area contributed by atoms with E-state index in [-0.39, 0.29) is 42.7 Å². The number of likely N-dealkylation sites (tertiary alicyclic amines) is 1. The average Bonchev–Trinajstić information content (AvgIpc) is 3.39. The number of nitrogens with two attached hydrogens (primary N) is 1. The van der Waals surface area contributed by atoms with Gasteiger partial charge in [-0.1, -0.05) is 44.2 Å². The van der Waals surface area contributed by atoms with Gasteiger partial charge in [-0.15, -0.1) is 0 Å². The number of imide groups is 1. The van der Waals surface area contributed by atoms with E-state index in [0.29, 0.717) is 30.9 Å². The van der Waals surface area contributed by atoms with Crippen LogP contribution in [0.5, 0.6) is 0 Å². The Morgan fingerprint density at radius 3 is 2.33 bits per heavy atom. The van der Waals surface area contributed by atoms with E-state index in [1.807, 2.05) is 23.1 Å². The van der Waals surface area contributed by atoms with Gasteiger partial charge in [0.25, 0.3) is 0 Å². The normalized spacial score (nSPS) is 19.8. The first kappa shape index (κ1) is 41.5. The number of nitrogens with one attached hydrogen (secondary N) is 3. The summed E-state index contributed by atoms with van der Waals surface area (Å²) in [5.74, 6) is -1.57. The molecule has 1 saturated carbocycles. The lowest BCUT2D eigenvalue weighted by Gasteiger charge is -2.38. The zero-order chi connectivity index (χ0) is 39.9. The van der Waals surface area contributed by atoms with Gasteiger partial charge >= 0.3 is 11.8 Å². The van der Waals surface area contributed by atoms with E-state index < -0.39 is 47.5 Å². The summed E-state index contributed by atoms with van der Waals surface area (Å²) >= 11 is 0. The van der Waals surface area contributed by atoms with Gasteiger partial charge < -0.3 is 26.0 Å². The minimum Gasteiger partial charge on any atom is -0.444 e. The molecule has 5 N–H and O–H groups in total. The number of aryl methyl sites for hydroxylation is 2. The number of hydrogen-bond donors (Lipinski definition) is 4. The molecule has 6 amide bonds. The monoisotopic (exact) mass is 765 g/mol. The van der Waals surface area contributed by atoms with E-state index in [9.17, 15) is 33.6 Å². The van der Waals surface area contributed by atoms with E-state index in [1.54, 1.807) is 32.4 Å². The van der Waals surface area contributed by atoms with Crippen molar-refractivity contribution >= 4 is 46.7 Å². The molecular weight excluding hydrogens is 706 g/mol. The number of aromatic nitrogens is 2. The maximum absolute atomic E-state index is 14.1. The Hall–Kier alpha value is -4.69. The molecule has 1 aliphatic carbocycles. The summed E-state index contributed by atoms with van der Waals surface area (Å²) in [4.78, 5) is 91.5. The summed E-state index contributed by atoms with van der Waals surface area (Å²) in [6.07, 6.45) is 9.65. The van der Waals surface area contributed by atoms with E-state index >= 15 is 0 Å². The molecule has 0 spiro atoms. The number of benzene rings is 1. The number of primary amides is 1. The van der Waals surface area contributed by atoms with Crippen LogP contribution in [0.2, 0.25) is 0 Å². The van der Waals surface area contributed by atoms with Gasteiger partial charge in [0, 0.05) is 33.0 Å². The van der Waals surface area contributed by atoms with Crippen LogP contribution >= 0.6 is 0 Å². The first-order valence-corrected chi connectivity index (χ1v) is 20.0. The average molecular weight is 766 g/mol. The fourth-order valence-corrected chi connectivity index (χ4v) is 8.45. The molecule has 2 aromatic rings. The number of carbonyl (C=O) groups is 6. The summed E-state index contributed by atoms with van der Waals surface area (Å²) in [5.41, 5.74) is 6.85. The lowest BCUT2D eigenvalue weighted by Crippen LogP contribution is -2.58. The SMILES string of the molecule is Cn1c(=O)n(C2CCC(=O)NC2=O)c2cccc(CCCCC3CCN(C(=O)[C@@H](NC(=O)[C@H](CCC(N)=O)NC(=O)OC(C)(C)C)C4CCCCC4)CC3)c21. The standard InChI is InChI=1S/C40H59N7O8/c1-40(2,3)55-38(53)42-28(17-19-31(41)48)35(50)44-33(26-12-6-5-7-13-26)37(52)46-23-21-25(22-24-46)11-8-9-14-27-15-10-16-29-34(27)45(4)39(54)47(29)30-18-20-32(49)43-36(30)51/h10,15-16,25-26,28,30,33H,5-9,11-14,17-24H2,1-4H3,(H2,41,48)(H,42,53)(H,44,50)(H,43,49,51)/t28-,30?,33-/m0/s1. The highest BCUT2D eigenvalue weighted by molar-refractivity contribution is 6.00. The van der Waals surface area contributed by atoms with E-state index in [4.69, 9.17) is 10.5 Å². The Morgan fingerprint density at radius 1 is 0.964 bits per heavy atom. The Morgan fingerprint density at radius 2 is 1.67 bits per heavy atom. The molecule has 3 atom stereocenters. The number of fused-ring (bicyclic) bond motifs is 1. The first-order chi connectivity index (χ1) is 26.1. The molecular formula is C40H59N7O8. The number of nitrogens with zero attached hydrogens (tertiary/aromatic N) is 3. The van der Waals surface area contributed by atoms with Crippen molar-refractivity contribution < 1.29 is 33.5 Å². The van der Waals surface area contributed by atoms with Crippen LogP contribution in [-0.2, 0) is 42.2 Å². The molecule has 55 heavy (non-hydrogen) atoms. The Kier molecular flexibility index (Phi) is 13.8. The van der Waals surface area contributed by atoms with Crippen LogP contribution in [0.3, 0.4) is 0 Å². The minimum absolute atomic E-state index is 0.0141. The molecule has 2 saturated heterocycles. The molecule has 15 heteroatoms. The number of para-hydroxylation sites is 1. The highest BCUT2D eigenvalue weighted by Gasteiger charge is 2.37. The smallest absolute Gasteiger partial charge is 0.408 e. The highest BCUT2D eigenvalue weighted by atomic mass is 16.6. The predicted octanol–water partition coefficient (Wildman–Crippen LogP) is 3.49. The number of unbranched alkanes of at least 4 members (excludes halogenated alkanes) is 1. The molecule has 302 valence electrons. The van der Waals surface area contributed by atoms with Crippen molar-refractivity contribution in [3.63, 3.8) is 0 Å². The lowest BCUT2D eigenvalue weighted by atomic mass is 9.82. The van der Waals surface area contributed by atoms with Gasteiger partial charge in [-0.25, -0.2) is 9.59 Å². The highest BCUT2D eigenvalue weighted by Crippen LogP contribution is 2.31. The van der Waals surface area contributed by atoms with E-state index in [2.05, 4.69) is 16.0 Å². The topological polar surface area (TPSA) is 204 Å². The van der Waals surface area contributed by atoms with Crippen LogP contribution < -0.4 is 27.4 Å². The molecule has 3 aliphatic rings. The van der Waals surface area contributed by atoms with Gasteiger partial charge in [0.2, 0.25) is 29.5 Å². The third kappa shape index (κ3) is 10.8. The van der Waals surface area contributed by atoms with Gasteiger partial charge in [0.1, 0.15) is 23.7 Å². The van der Waals surface area contributed by atoms with Crippen LogP contribution in [0.15, 0.2) is 23.0 Å². The molecule has 1 unspecified atom stereocenters. The molecule has 2 aliphatic heterocycles. The van der Waals surface area contributed by atoms with Gasteiger partial charge in [-0.3, -0.25) is 38.4 Å². The van der Waals surface area contributed by atoms with Crippen LogP contribution in [0.1, 0.15) is 122 Å². The maximum Gasteiger partial charge on any atom is 0.408 e. The number of hydrogen-bond acceptors (Lipinski definition) is 8. The number of carbonyl (C=O) groups excluding carboxylic acids is 6. The molecule has 3 fully saturated rings. The van der Waals surface area contributed by atoms with Crippen molar-refractivity contribution in [3.8, 4) is 0 Å². The lowest BCUT2D eigenvalue weighted by molar-refractivity contribution is -0.140. The second-order valence-corrected chi connectivity index (χ2v) is 16.6. The largest absolute Gasteiger partial charge is 0.444 e. The molecule has 3 heterocycles. The molecule has 15 nitrogen and oxygen atoms in total. The second-order valence-electron chi connectivity index (χ2n) is 16.6. The van der Waals surface area contributed by atoms with Gasteiger partial charge in [-0.05, 0) is 95.6 Å². The summed E-state index contributed by atoms with van der Waals surface area (Å²) in [5, 5.41) is 7.92. The van der Waals surface area contributed by atoms with Crippen molar-refractivity contribution in [2.24, 2.45) is 24.6 Å². The fourth-order valence-electron chi connectivity index (χ4n) is 8.45. The summed E-state index contributed by atoms with van der Waals surface area (Å²) < 4.78 is 8.47. The summed E-state index contributed by atoms with van der Waals surface area (Å²) in [7, 11) is 1.72. The van der Waals surface area contributed by atoms with E-state index in [0.717, 1.165) is 81.7 Å². The molecule has 1 aromatic carbocycles. The van der Waals surface area contributed by atoms with Crippen molar-refractivity contribution in [2.75, 3.05) is 13.1 Å². The number of rotatable bonds is 14. The molecule has 5 rings (SSSR count). The number of alkyl carbamates (subject to hydrolysis) is 1. The Balaban J connectivity index is 1.16. The fraction of sp³-hybridized carbons (Fsp3) is 0.675. The zero-order valence-corrected chi connectivity index (χ0v) is 32.8. The first-order valence-electron chi connectivity index (χ1n) is 20.0. The number of ether oxygens (including phenoxy) is 1. The second kappa shape index (κ2) is 18.3. The third-order valence-corrected chi connectivity index (χ3v) is 11.3. The van der Waals surface area contributed by atoms with E-state index in [1.165, 1.54) is 4.57 Å². The maximum atomic E-state index is 14.1. The predicted molar refractivity (Wildman–Crippen MR) is 206 cm³/mol. The van der Waals surface area contributed by atoms with Crippen molar-refractivity contribution in [3.05, 3.63) is 34.2 Å². The van der Waals surface area contributed by atoms with Crippen molar-refractivity contribution in [2.45, 2.75) is 141 Å². The Bertz CT molecular complexity index is 1800. The number of amides is 6. The molecule has 0 radical (unpaired) electrons. The van der Waals surface area contributed by atoms with Gasteiger partial charge in [-0.2, -0.15) is 0 Å². The van der Waals surface area contributed by atoms with Gasteiger partial charge in [0.05, 0.1) is 11.0 Å². The number of piperidine rings is 2. The minimum atomic E-state index is -1.09.